The molecule has 1 amide bonds. The highest BCUT2D eigenvalue weighted by Crippen LogP contribution is 2.29. The average Bonchev–Trinajstić information content (AvgIpc) is 3.21. The summed E-state index contributed by atoms with van der Waals surface area (Å²) < 4.78 is 16.8. The Morgan fingerprint density at radius 2 is 1.86 bits per heavy atom. The van der Waals surface area contributed by atoms with Gasteiger partial charge in [-0.3, -0.25) is 4.79 Å². The summed E-state index contributed by atoms with van der Waals surface area (Å²) in [5.41, 5.74) is 2.19. The Bertz CT molecular complexity index is 935. The fourth-order valence-corrected chi connectivity index (χ4v) is 2.70. The van der Waals surface area contributed by atoms with Gasteiger partial charge >= 0.3 is 0 Å². The Balaban J connectivity index is 1.64. The first-order valence-electron chi connectivity index (χ1n) is 9.75. The number of hydrogen-bond acceptors (Lipinski definition) is 5. The summed E-state index contributed by atoms with van der Waals surface area (Å²) >= 11 is 0. The number of carbonyl (C=O) groups is 1. The highest BCUT2D eigenvalue weighted by molar-refractivity contribution is 5.94. The van der Waals surface area contributed by atoms with E-state index in [4.69, 9.17) is 14.0 Å². The molecular weight excluding hydrogens is 368 g/mol. The summed E-state index contributed by atoms with van der Waals surface area (Å²) in [6.45, 7) is 7.37. The molecule has 3 rings (SSSR count). The van der Waals surface area contributed by atoms with Gasteiger partial charge in [0.15, 0.2) is 17.3 Å². The summed E-state index contributed by atoms with van der Waals surface area (Å²) in [4.78, 5) is 12.6. The summed E-state index contributed by atoms with van der Waals surface area (Å²) in [5, 5.41) is 6.91. The second kappa shape index (κ2) is 9.78. The zero-order valence-electron chi connectivity index (χ0n) is 17.0. The average molecular weight is 394 g/mol. The van der Waals surface area contributed by atoms with Crippen LogP contribution in [-0.2, 0) is 6.54 Å². The molecule has 0 bridgehead atoms. The molecule has 0 aliphatic heterocycles. The number of carbonyl (C=O) groups excluding carboxylic acids is 1. The summed E-state index contributed by atoms with van der Waals surface area (Å²) in [5.74, 6) is 1.96. The molecule has 6 nitrogen and oxygen atoms in total. The predicted octanol–water partition coefficient (Wildman–Crippen LogP) is 4.71. The van der Waals surface area contributed by atoms with E-state index in [1.165, 1.54) is 0 Å². The first kappa shape index (κ1) is 20.5. The maximum absolute atomic E-state index is 12.6. The van der Waals surface area contributed by atoms with Crippen LogP contribution < -0.4 is 14.8 Å². The van der Waals surface area contributed by atoms with Crippen LogP contribution in [0.5, 0.6) is 11.5 Å². The van der Waals surface area contributed by atoms with E-state index in [1.807, 2.05) is 43.3 Å². The van der Waals surface area contributed by atoms with Gasteiger partial charge in [-0.05, 0) is 31.0 Å². The lowest BCUT2D eigenvalue weighted by Crippen LogP contribution is -2.22. The normalized spacial score (nSPS) is 10.8. The quantitative estimate of drug-likeness (QED) is 0.569. The molecule has 0 aliphatic carbocycles. The van der Waals surface area contributed by atoms with Gasteiger partial charge in [0.05, 0.1) is 19.8 Å². The van der Waals surface area contributed by atoms with Crippen LogP contribution in [0.25, 0.3) is 11.3 Å². The number of aromatic nitrogens is 1. The van der Waals surface area contributed by atoms with Gasteiger partial charge in [0.1, 0.15) is 5.69 Å². The minimum atomic E-state index is -0.223. The van der Waals surface area contributed by atoms with Crippen molar-refractivity contribution in [3.8, 4) is 22.8 Å². The van der Waals surface area contributed by atoms with Gasteiger partial charge in [-0.15, -0.1) is 0 Å². The zero-order valence-corrected chi connectivity index (χ0v) is 17.0. The minimum absolute atomic E-state index is 0.223. The SMILES string of the molecule is CCOc1cc(C(=O)NCc2cc(-c3ccccc3)no2)ccc1OCC(C)C. The van der Waals surface area contributed by atoms with E-state index in [0.717, 1.165) is 11.3 Å². The second-order valence-electron chi connectivity index (χ2n) is 7.03. The van der Waals surface area contributed by atoms with Gasteiger partial charge in [-0.1, -0.05) is 49.3 Å². The maximum Gasteiger partial charge on any atom is 0.251 e. The smallest absolute Gasteiger partial charge is 0.251 e. The van der Waals surface area contributed by atoms with Crippen molar-refractivity contribution in [2.75, 3.05) is 13.2 Å². The summed E-state index contributed by atoms with van der Waals surface area (Å²) in [7, 11) is 0. The molecule has 0 fully saturated rings. The zero-order chi connectivity index (χ0) is 20.6. The van der Waals surface area contributed by atoms with Crippen molar-refractivity contribution < 1.29 is 18.8 Å². The van der Waals surface area contributed by atoms with Crippen molar-refractivity contribution in [1.29, 1.82) is 0 Å². The molecule has 1 aromatic heterocycles. The minimum Gasteiger partial charge on any atom is -0.490 e. The number of benzene rings is 2. The van der Waals surface area contributed by atoms with E-state index in [9.17, 15) is 4.79 Å². The number of ether oxygens (including phenoxy) is 2. The first-order valence-corrected chi connectivity index (χ1v) is 9.75. The van der Waals surface area contributed by atoms with E-state index in [2.05, 4.69) is 24.3 Å². The lowest BCUT2D eigenvalue weighted by molar-refractivity contribution is 0.0946. The Kier molecular flexibility index (Phi) is 6.89. The monoisotopic (exact) mass is 394 g/mol. The van der Waals surface area contributed by atoms with Crippen LogP contribution in [0.15, 0.2) is 59.1 Å². The topological polar surface area (TPSA) is 73.6 Å². The molecule has 6 heteroatoms. The first-order chi connectivity index (χ1) is 14.1. The Hall–Kier alpha value is -3.28. The molecule has 3 aromatic rings. The van der Waals surface area contributed by atoms with E-state index in [-0.39, 0.29) is 12.5 Å². The van der Waals surface area contributed by atoms with E-state index in [0.29, 0.717) is 42.0 Å². The second-order valence-corrected chi connectivity index (χ2v) is 7.03. The Morgan fingerprint density at radius 1 is 1.07 bits per heavy atom. The molecule has 2 aromatic carbocycles. The van der Waals surface area contributed by atoms with Crippen molar-refractivity contribution in [2.24, 2.45) is 5.92 Å². The molecule has 152 valence electrons. The van der Waals surface area contributed by atoms with Gasteiger partial charge in [0.2, 0.25) is 0 Å². The number of hydrogen-bond donors (Lipinski definition) is 1. The fourth-order valence-electron chi connectivity index (χ4n) is 2.70. The molecule has 29 heavy (non-hydrogen) atoms. The van der Waals surface area contributed by atoms with Crippen LogP contribution in [0.3, 0.4) is 0 Å². The number of amides is 1. The lowest BCUT2D eigenvalue weighted by Gasteiger charge is -2.14. The Labute approximate surface area is 170 Å². The van der Waals surface area contributed by atoms with Crippen LogP contribution in [0.2, 0.25) is 0 Å². The van der Waals surface area contributed by atoms with Crippen molar-refractivity contribution in [3.05, 3.63) is 65.9 Å². The van der Waals surface area contributed by atoms with Gasteiger partial charge < -0.3 is 19.3 Å². The molecule has 1 N–H and O–H groups in total. The fraction of sp³-hybridized carbons (Fsp3) is 0.304. The van der Waals surface area contributed by atoms with E-state index < -0.39 is 0 Å². The molecule has 0 saturated carbocycles. The van der Waals surface area contributed by atoms with Crippen molar-refractivity contribution >= 4 is 5.91 Å². The molecule has 0 atom stereocenters. The third-order valence-corrected chi connectivity index (χ3v) is 4.13. The van der Waals surface area contributed by atoms with Crippen molar-refractivity contribution in [3.63, 3.8) is 0 Å². The molecule has 0 aliphatic rings. The number of nitrogens with one attached hydrogen (secondary N) is 1. The van der Waals surface area contributed by atoms with Gasteiger partial charge in [0, 0.05) is 17.2 Å². The lowest BCUT2D eigenvalue weighted by atomic mass is 10.1. The molecule has 1 heterocycles. The van der Waals surface area contributed by atoms with Gasteiger partial charge in [-0.25, -0.2) is 0 Å². The van der Waals surface area contributed by atoms with Crippen LogP contribution in [0, 0.1) is 5.92 Å². The van der Waals surface area contributed by atoms with Crippen molar-refractivity contribution in [2.45, 2.75) is 27.3 Å². The number of rotatable bonds is 9. The number of nitrogens with zero attached hydrogens (tertiary/aromatic N) is 1. The standard InChI is InChI=1S/C23H26N2O4/c1-4-27-22-12-18(10-11-21(22)28-15-16(2)3)23(26)24-14-19-13-20(25-29-19)17-8-6-5-7-9-17/h5-13,16H,4,14-15H2,1-3H3,(H,24,26). The van der Waals surface area contributed by atoms with Gasteiger partial charge in [-0.2, -0.15) is 0 Å². The van der Waals surface area contributed by atoms with Crippen molar-refractivity contribution in [1.82, 2.24) is 10.5 Å². The van der Waals surface area contributed by atoms with Crippen LogP contribution in [-0.4, -0.2) is 24.3 Å². The maximum atomic E-state index is 12.6. The molecule has 0 spiro atoms. The van der Waals surface area contributed by atoms with Gasteiger partial charge in [0.25, 0.3) is 5.91 Å². The molecule has 0 radical (unpaired) electrons. The summed E-state index contributed by atoms with van der Waals surface area (Å²) in [6.07, 6.45) is 0. The van der Waals surface area contributed by atoms with E-state index in [1.54, 1.807) is 18.2 Å². The predicted molar refractivity (Wildman–Crippen MR) is 111 cm³/mol. The molecular formula is C23H26N2O4. The molecule has 0 unspecified atom stereocenters. The largest absolute Gasteiger partial charge is 0.490 e. The third-order valence-electron chi connectivity index (χ3n) is 4.13. The Morgan fingerprint density at radius 3 is 2.59 bits per heavy atom. The van der Waals surface area contributed by atoms with Crippen LogP contribution in [0.1, 0.15) is 36.9 Å². The molecule has 0 saturated heterocycles. The van der Waals surface area contributed by atoms with Crippen LogP contribution >= 0.6 is 0 Å². The highest BCUT2D eigenvalue weighted by Gasteiger charge is 2.13. The van der Waals surface area contributed by atoms with Crippen LogP contribution in [0.4, 0.5) is 0 Å². The highest BCUT2D eigenvalue weighted by atomic mass is 16.5. The third kappa shape index (κ3) is 5.60. The summed E-state index contributed by atoms with van der Waals surface area (Å²) in [6, 6.07) is 16.8. The van der Waals surface area contributed by atoms with E-state index >= 15 is 0 Å².